The number of thioether (sulfide) groups is 1. The lowest BCUT2D eigenvalue weighted by atomic mass is 10.0. The second-order valence-electron chi connectivity index (χ2n) is 3.22. The van der Waals surface area contributed by atoms with E-state index in [1.54, 1.807) is 23.7 Å². The highest BCUT2D eigenvalue weighted by atomic mass is 32.2. The molecule has 0 N–H and O–H groups in total. The van der Waals surface area contributed by atoms with Gasteiger partial charge >= 0.3 is 0 Å². The van der Waals surface area contributed by atoms with Gasteiger partial charge in [0.15, 0.2) is 0 Å². The fourth-order valence-corrected chi connectivity index (χ4v) is 1.59. The molecule has 0 aliphatic heterocycles. The summed E-state index contributed by atoms with van der Waals surface area (Å²) in [5, 5.41) is 8.80. The van der Waals surface area contributed by atoms with Crippen LogP contribution in [0.3, 0.4) is 0 Å². The Labute approximate surface area is 90.5 Å². The third-order valence-corrected chi connectivity index (χ3v) is 2.63. The van der Waals surface area contributed by atoms with Gasteiger partial charge < -0.3 is 4.90 Å². The van der Waals surface area contributed by atoms with Crippen molar-refractivity contribution in [2.75, 3.05) is 25.6 Å². The smallest absolute Gasteiger partial charge is 0.239 e. The Bertz CT molecular complexity index is 213. The van der Waals surface area contributed by atoms with Crippen molar-refractivity contribution in [1.29, 1.82) is 5.26 Å². The van der Waals surface area contributed by atoms with Gasteiger partial charge in [0, 0.05) is 19.3 Å². The van der Waals surface area contributed by atoms with Gasteiger partial charge in [0.05, 0.1) is 6.07 Å². The summed E-state index contributed by atoms with van der Waals surface area (Å²) in [6.07, 6.45) is 3.55. The molecule has 0 aliphatic carbocycles. The summed E-state index contributed by atoms with van der Waals surface area (Å²) >= 11 is 1.70. The molecule has 1 unspecified atom stereocenters. The Balaban J connectivity index is 4.07. The van der Waals surface area contributed by atoms with E-state index in [1.165, 1.54) is 0 Å². The predicted molar refractivity (Wildman–Crippen MR) is 60.0 cm³/mol. The number of hydrogen-bond donors (Lipinski definition) is 0. The monoisotopic (exact) mass is 214 g/mol. The van der Waals surface area contributed by atoms with Crippen LogP contribution in [0.1, 0.15) is 19.8 Å². The third kappa shape index (κ3) is 4.52. The second kappa shape index (κ2) is 7.69. The number of nitriles is 1. The van der Waals surface area contributed by atoms with Crippen molar-refractivity contribution >= 4 is 17.7 Å². The minimum Gasteiger partial charge on any atom is -0.344 e. The highest BCUT2D eigenvalue weighted by Crippen LogP contribution is 2.08. The molecule has 0 aromatic carbocycles. The topological polar surface area (TPSA) is 44.1 Å². The van der Waals surface area contributed by atoms with E-state index in [-0.39, 0.29) is 5.91 Å². The van der Waals surface area contributed by atoms with Crippen LogP contribution in [0.15, 0.2) is 0 Å². The van der Waals surface area contributed by atoms with E-state index < -0.39 is 5.92 Å². The van der Waals surface area contributed by atoms with Crippen molar-refractivity contribution in [2.24, 2.45) is 5.92 Å². The first-order valence-electron chi connectivity index (χ1n) is 4.80. The fraction of sp³-hybridized carbons (Fsp3) is 0.800. The van der Waals surface area contributed by atoms with Gasteiger partial charge in [-0.2, -0.15) is 17.0 Å². The molecule has 4 heteroatoms. The standard InChI is InChI=1S/C10H18N2OS/c1-4-5-9(8-11)10(13)12(2)6-7-14-3/h9H,4-7H2,1-3H3. The Morgan fingerprint density at radius 3 is 2.71 bits per heavy atom. The molecule has 0 aliphatic rings. The van der Waals surface area contributed by atoms with Gasteiger partial charge in [-0.3, -0.25) is 4.79 Å². The normalized spacial score (nSPS) is 11.9. The zero-order chi connectivity index (χ0) is 11.0. The molecule has 0 aromatic heterocycles. The molecule has 0 spiro atoms. The van der Waals surface area contributed by atoms with Crippen molar-refractivity contribution in [3.63, 3.8) is 0 Å². The first kappa shape index (κ1) is 13.3. The van der Waals surface area contributed by atoms with Crippen LogP contribution >= 0.6 is 11.8 Å². The Morgan fingerprint density at radius 2 is 2.29 bits per heavy atom. The summed E-state index contributed by atoms with van der Waals surface area (Å²) in [4.78, 5) is 13.3. The maximum absolute atomic E-state index is 11.7. The lowest BCUT2D eigenvalue weighted by molar-refractivity contribution is -0.132. The summed E-state index contributed by atoms with van der Waals surface area (Å²) in [5.74, 6) is 0.433. The molecule has 80 valence electrons. The van der Waals surface area contributed by atoms with E-state index in [1.807, 2.05) is 13.2 Å². The van der Waals surface area contributed by atoms with Crippen LogP contribution in [0.4, 0.5) is 0 Å². The molecule has 0 saturated heterocycles. The summed E-state index contributed by atoms with van der Waals surface area (Å²) in [6, 6.07) is 2.06. The fourth-order valence-electron chi connectivity index (χ4n) is 1.14. The van der Waals surface area contributed by atoms with Gasteiger partial charge in [-0.05, 0) is 12.7 Å². The van der Waals surface area contributed by atoms with Crippen LogP contribution in [0.25, 0.3) is 0 Å². The summed E-state index contributed by atoms with van der Waals surface area (Å²) < 4.78 is 0. The zero-order valence-electron chi connectivity index (χ0n) is 9.12. The SMILES string of the molecule is CCCC(C#N)C(=O)N(C)CCSC. The van der Waals surface area contributed by atoms with Gasteiger partial charge in [-0.1, -0.05) is 13.3 Å². The van der Waals surface area contributed by atoms with E-state index in [4.69, 9.17) is 5.26 Å². The van der Waals surface area contributed by atoms with Gasteiger partial charge in [-0.25, -0.2) is 0 Å². The minimum absolute atomic E-state index is 0.0385. The largest absolute Gasteiger partial charge is 0.344 e. The second-order valence-corrected chi connectivity index (χ2v) is 4.21. The Hall–Kier alpha value is -0.690. The van der Waals surface area contributed by atoms with Crippen molar-refractivity contribution in [3.05, 3.63) is 0 Å². The van der Waals surface area contributed by atoms with Gasteiger partial charge in [0.1, 0.15) is 5.92 Å². The van der Waals surface area contributed by atoms with E-state index in [0.717, 1.165) is 18.7 Å². The van der Waals surface area contributed by atoms with Gasteiger partial charge in [-0.15, -0.1) is 0 Å². The number of amides is 1. The Kier molecular flexibility index (Phi) is 7.31. The molecular formula is C10H18N2OS. The molecule has 1 atom stereocenters. The average Bonchev–Trinajstić information content (AvgIpc) is 2.21. The average molecular weight is 214 g/mol. The molecule has 0 fully saturated rings. The molecule has 1 amide bonds. The lowest BCUT2D eigenvalue weighted by Gasteiger charge is -2.19. The predicted octanol–water partition coefficient (Wildman–Crippen LogP) is 1.75. The highest BCUT2D eigenvalue weighted by molar-refractivity contribution is 7.98. The number of carbonyl (C=O) groups excluding carboxylic acids is 1. The molecular weight excluding hydrogens is 196 g/mol. The van der Waals surface area contributed by atoms with Gasteiger partial charge in [0.25, 0.3) is 0 Å². The quantitative estimate of drug-likeness (QED) is 0.676. The maximum Gasteiger partial charge on any atom is 0.239 e. The maximum atomic E-state index is 11.7. The molecule has 0 rings (SSSR count). The molecule has 14 heavy (non-hydrogen) atoms. The van der Waals surface area contributed by atoms with Crippen molar-refractivity contribution in [1.82, 2.24) is 4.90 Å². The van der Waals surface area contributed by atoms with Crippen LogP contribution in [0, 0.1) is 17.2 Å². The zero-order valence-corrected chi connectivity index (χ0v) is 9.93. The van der Waals surface area contributed by atoms with E-state index in [9.17, 15) is 4.79 Å². The number of hydrogen-bond acceptors (Lipinski definition) is 3. The third-order valence-electron chi connectivity index (χ3n) is 2.04. The minimum atomic E-state index is -0.452. The number of nitrogens with zero attached hydrogens (tertiary/aromatic N) is 2. The lowest BCUT2D eigenvalue weighted by Crippen LogP contribution is -2.33. The van der Waals surface area contributed by atoms with Crippen LogP contribution in [-0.4, -0.2) is 36.4 Å². The summed E-state index contributed by atoms with van der Waals surface area (Å²) in [5.41, 5.74) is 0. The van der Waals surface area contributed by atoms with Crippen molar-refractivity contribution in [2.45, 2.75) is 19.8 Å². The molecule has 0 bridgehead atoms. The van der Waals surface area contributed by atoms with Crippen molar-refractivity contribution < 1.29 is 4.79 Å². The molecule has 0 radical (unpaired) electrons. The van der Waals surface area contributed by atoms with Crippen LogP contribution in [-0.2, 0) is 4.79 Å². The first-order chi connectivity index (χ1) is 6.67. The van der Waals surface area contributed by atoms with Crippen LogP contribution < -0.4 is 0 Å². The Morgan fingerprint density at radius 1 is 1.64 bits per heavy atom. The highest BCUT2D eigenvalue weighted by Gasteiger charge is 2.19. The van der Waals surface area contributed by atoms with Crippen LogP contribution in [0.2, 0.25) is 0 Å². The summed E-state index contributed by atoms with van der Waals surface area (Å²) in [6.45, 7) is 2.71. The van der Waals surface area contributed by atoms with Crippen LogP contribution in [0.5, 0.6) is 0 Å². The molecule has 3 nitrogen and oxygen atoms in total. The molecule has 0 heterocycles. The number of rotatable bonds is 6. The number of carbonyl (C=O) groups is 1. The van der Waals surface area contributed by atoms with E-state index in [0.29, 0.717) is 6.42 Å². The molecule has 0 saturated carbocycles. The summed E-state index contributed by atoms with van der Waals surface area (Å²) in [7, 11) is 1.76. The molecule has 0 aromatic rings. The van der Waals surface area contributed by atoms with E-state index >= 15 is 0 Å². The van der Waals surface area contributed by atoms with Gasteiger partial charge in [0.2, 0.25) is 5.91 Å². The van der Waals surface area contributed by atoms with Crippen molar-refractivity contribution in [3.8, 4) is 6.07 Å². The first-order valence-corrected chi connectivity index (χ1v) is 6.20. The van der Waals surface area contributed by atoms with E-state index in [2.05, 4.69) is 6.07 Å².